The van der Waals surface area contributed by atoms with E-state index in [1.54, 1.807) is 30.3 Å². The summed E-state index contributed by atoms with van der Waals surface area (Å²) in [6, 6.07) is 12.5. The van der Waals surface area contributed by atoms with Crippen LogP contribution in [-0.4, -0.2) is 16.4 Å². The number of hydrogen-bond donors (Lipinski definition) is 1. The lowest BCUT2D eigenvalue weighted by Gasteiger charge is -2.10. The summed E-state index contributed by atoms with van der Waals surface area (Å²) in [4.78, 5) is 23.6. The van der Waals surface area contributed by atoms with Gasteiger partial charge in [-0.25, -0.2) is 4.79 Å². The molecular formula is C19H18N2O3S. The molecule has 128 valence electrons. The number of benzene rings is 1. The molecule has 25 heavy (non-hydrogen) atoms. The van der Waals surface area contributed by atoms with Crippen LogP contribution >= 0.6 is 11.3 Å². The Labute approximate surface area is 149 Å². The third-order valence-corrected chi connectivity index (χ3v) is 4.85. The van der Waals surface area contributed by atoms with Gasteiger partial charge in [-0.3, -0.25) is 4.79 Å². The molecule has 1 aromatic carbocycles. The van der Waals surface area contributed by atoms with Gasteiger partial charge in [0.25, 0.3) is 0 Å². The molecule has 6 heteroatoms. The van der Waals surface area contributed by atoms with Crippen molar-refractivity contribution in [1.29, 1.82) is 0 Å². The number of rotatable bonds is 5. The van der Waals surface area contributed by atoms with Crippen molar-refractivity contribution in [2.75, 3.05) is 0 Å². The minimum absolute atomic E-state index is 0.136. The van der Waals surface area contributed by atoms with E-state index in [4.69, 9.17) is 10.5 Å². The second-order valence-corrected chi connectivity index (χ2v) is 6.62. The summed E-state index contributed by atoms with van der Waals surface area (Å²) in [6.45, 7) is 4.14. The maximum absolute atomic E-state index is 12.5. The Morgan fingerprint density at radius 1 is 1.04 bits per heavy atom. The number of nitrogens with two attached hydrogens (primary N) is 1. The maximum Gasteiger partial charge on any atom is 0.341 e. The van der Waals surface area contributed by atoms with Gasteiger partial charge < -0.3 is 15.0 Å². The lowest BCUT2D eigenvalue weighted by molar-refractivity contribution is 0.0473. The third kappa shape index (κ3) is 3.49. The van der Waals surface area contributed by atoms with Crippen molar-refractivity contribution < 1.29 is 14.3 Å². The number of aryl methyl sites for hydroxylation is 2. The van der Waals surface area contributed by atoms with E-state index in [0.29, 0.717) is 11.1 Å². The zero-order chi connectivity index (χ0) is 18.0. The van der Waals surface area contributed by atoms with Gasteiger partial charge in [-0.2, -0.15) is 0 Å². The number of carbonyl (C=O) groups excluding carboxylic acids is 2. The van der Waals surface area contributed by atoms with Gasteiger partial charge in [0.1, 0.15) is 11.6 Å². The van der Waals surface area contributed by atoms with Crippen LogP contribution in [0.1, 0.15) is 37.7 Å². The highest BCUT2D eigenvalue weighted by atomic mass is 32.1. The Morgan fingerprint density at radius 2 is 1.68 bits per heavy atom. The van der Waals surface area contributed by atoms with Gasteiger partial charge >= 0.3 is 5.97 Å². The second kappa shape index (κ2) is 6.94. The van der Waals surface area contributed by atoms with Crippen LogP contribution in [0.2, 0.25) is 0 Å². The summed E-state index contributed by atoms with van der Waals surface area (Å²) >= 11 is 1.50. The molecule has 0 atom stereocenters. The van der Waals surface area contributed by atoms with Crippen molar-refractivity contribution in [1.82, 2.24) is 4.57 Å². The van der Waals surface area contributed by atoms with Crippen LogP contribution in [0.15, 0.2) is 47.8 Å². The average molecular weight is 354 g/mol. The lowest BCUT2D eigenvalue weighted by Crippen LogP contribution is -2.11. The van der Waals surface area contributed by atoms with Crippen molar-refractivity contribution in [2.45, 2.75) is 20.5 Å². The van der Waals surface area contributed by atoms with Crippen molar-refractivity contribution in [3.8, 4) is 5.00 Å². The lowest BCUT2D eigenvalue weighted by atomic mass is 10.1. The summed E-state index contributed by atoms with van der Waals surface area (Å²) in [7, 11) is 0. The minimum atomic E-state index is -0.482. The molecule has 3 rings (SSSR count). The van der Waals surface area contributed by atoms with E-state index >= 15 is 0 Å². The van der Waals surface area contributed by atoms with Crippen LogP contribution in [0.3, 0.4) is 0 Å². The Balaban J connectivity index is 1.75. The Bertz CT molecular complexity index is 903. The van der Waals surface area contributed by atoms with E-state index in [0.717, 1.165) is 22.0 Å². The van der Waals surface area contributed by atoms with Crippen LogP contribution in [0, 0.1) is 13.8 Å². The first-order valence-electron chi connectivity index (χ1n) is 7.76. The molecule has 0 aliphatic heterocycles. The maximum atomic E-state index is 12.5. The van der Waals surface area contributed by atoms with Crippen molar-refractivity contribution in [2.24, 2.45) is 5.73 Å². The highest BCUT2D eigenvalue weighted by Crippen LogP contribution is 2.26. The number of carbonyl (C=O) groups is 2. The van der Waals surface area contributed by atoms with Crippen LogP contribution in [-0.2, 0) is 11.3 Å². The fourth-order valence-electron chi connectivity index (χ4n) is 2.61. The first-order valence-corrected chi connectivity index (χ1v) is 8.64. The number of primary amides is 1. The number of nitrogens with zero attached hydrogens (tertiary/aromatic N) is 1. The van der Waals surface area contributed by atoms with E-state index in [9.17, 15) is 9.59 Å². The Hall–Kier alpha value is -2.86. The van der Waals surface area contributed by atoms with E-state index < -0.39 is 5.91 Å². The van der Waals surface area contributed by atoms with Gasteiger partial charge in [0.05, 0.1) is 5.56 Å². The summed E-state index contributed by atoms with van der Waals surface area (Å²) in [5.41, 5.74) is 9.11. The molecule has 0 bridgehead atoms. The third-order valence-electron chi connectivity index (χ3n) is 3.95. The van der Waals surface area contributed by atoms with E-state index in [2.05, 4.69) is 0 Å². The molecular weight excluding hydrogens is 336 g/mol. The number of esters is 1. The van der Waals surface area contributed by atoms with Crippen LogP contribution in [0.4, 0.5) is 0 Å². The predicted octanol–water partition coefficient (Wildman–Crippen LogP) is 3.61. The average Bonchev–Trinajstić information content (AvgIpc) is 3.19. The molecule has 2 heterocycles. The summed E-state index contributed by atoms with van der Waals surface area (Å²) in [5, 5.41) is 2.74. The van der Waals surface area contributed by atoms with E-state index in [1.807, 2.05) is 35.9 Å². The number of amides is 1. The molecule has 0 saturated heterocycles. The quantitative estimate of drug-likeness (QED) is 0.711. The van der Waals surface area contributed by atoms with Crippen LogP contribution < -0.4 is 5.73 Å². The highest BCUT2D eigenvalue weighted by molar-refractivity contribution is 7.13. The molecule has 0 radical (unpaired) electrons. The molecule has 0 spiro atoms. The molecule has 0 unspecified atom stereocenters. The molecule has 2 aromatic heterocycles. The molecule has 0 aliphatic rings. The van der Waals surface area contributed by atoms with E-state index in [-0.39, 0.29) is 12.6 Å². The Morgan fingerprint density at radius 3 is 2.28 bits per heavy atom. The summed E-state index contributed by atoms with van der Waals surface area (Å²) in [6.07, 6.45) is 0. The van der Waals surface area contributed by atoms with Crippen LogP contribution in [0.5, 0.6) is 0 Å². The first-order chi connectivity index (χ1) is 12.0. The number of hydrogen-bond acceptors (Lipinski definition) is 4. The summed E-state index contributed by atoms with van der Waals surface area (Å²) < 4.78 is 7.47. The van der Waals surface area contributed by atoms with Gasteiger partial charge in [0.2, 0.25) is 5.91 Å². The summed E-state index contributed by atoms with van der Waals surface area (Å²) in [5.74, 6) is -0.855. The SMILES string of the molecule is Cc1ccc(C)n1-c1sccc1C(=O)OCc1ccc(C(N)=O)cc1. The second-order valence-electron chi connectivity index (χ2n) is 5.73. The molecule has 1 amide bonds. The zero-order valence-electron chi connectivity index (χ0n) is 14.0. The van der Waals surface area contributed by atoms with Crippen molar-refractivity contribution >= 4 is 23.2 Å². The highest BCUT2D eigenvalue weighted by Gasteiger charge is 2.18. The largest absolute Gasteiger partial charge is 0.457 e. The van der Waals surface area contributed by atoms with Gasteiger partial charge in [0, 0.05) is 17.0 Å². The van der Waals surface area contributed by atoms with Crippen molar-refractivity contribution in [3.05, 3.63) is 75.9 Å². The van der Waals surface area contributed by atoms with Gasteiger partial charge in [-0.1, -0.05) is 12.1 Å². The molecule has 5 nitrogen and oxygen atoms in total. The molecule has 0 saturated carbocycles. The Kier molecular flexibility index (Phi) is 4.72. The molecule has 0 fully saturated rings. The number of aromatic nitrogens is 1. The van der Waals surface area contributed by atoms with E-state index in [1.165, 1.54) is 11.3 Å². The fourth-order valence-corrected chi connectivity index (χ4v) is 3.62. The van der Waals surface area contributed by atoms with Gasteiger partial charge in [-0.15, -0.1) is 11.3 Å². The van der Waals surface area contributed by atoms with Gasteiger partial charge in [0.15, 0.2) is 0 Å². The van der Waals surface area contributed by atoms with Crippen molar-refractivity contribution in [3.63, 3.8) is 0 Å². The predicted molar refractivity (Wildman–Crippen MR) is 97.2 cm³/mol. The van der Waals surface area contributed by atoms with Crippen LogP contribution in [0.25, 0.3) is 5.00 Å². The number of ether oxygens (including phenoxy) is 1. The molecule has 0 aliphatic carbocycles. The number of thiophene rings is 1. The van der Waals surface area contributed by atoms with Gasteiger partial charge in [-0.05, 0) is 55.1 Å². The molecule has 2 N–H and O–H groups in total. The normalized spacial score (nSPS) is 10.6. The smallest absolute Gasteiger partial charge is 0.341 e. The zero-order valence-corrected chi connectivity index (χ0v) is 14.8. The first kappa shape index (κ1) is 17.0. The monoisotopic (exact) mass is 354 g/mol. The standard InChI is InChI=1S/C19H18N2O3S/c1-12-3-4-13(2)21(12)18-16(9-10-25-18)19(23)24-11-14-5-7-15(8-6-14)17(20)22/h3-10H,11H2,1-2H3,(H2,20,22). The minimum Gasteiger partial charge on any atom is -0.457 e. The topological polar surface area (TPSA) is 74.3 Å². The fraction of sp³-hybridized carbons (Fsp3) is 0.158. The molecule has 3 aromatic rings.